The summed E-state index contributed by atoms with van der Waals surface area (Å²) in [7, 11) is 3.39. The maximum atomic E-state index is 11.5. The average molecular weight is 224 g/mol. The summed E-state index contributed by atoms with van der Waals surface area (Å²) in [6.45, 7) is 2.75. The lowest BCUT2D eigenvalue weighted by atomic mass is 10.4. The van der Waals surface area contributed by atoms with Crippen molar-refractivity contribution in [2.45, 2.75) is 6.92 Å². The van der Waals surface area contributed by atoms with E-state index < -0.39 is 0 Å². The van der Waals surface area contributed by atoms with Crippen LogP contribution >= 0.6 is 0 Å². The highest BCUT2D eigenvalue weighted by atomic mass is 16.2. The number of hydrogen-bond acceptors (Lipinski definition) is 4. The zero-order valence-corrected chi connectivity index (χ0v) is 9.73. The number of anilines is 1. The first-order valence-corrected chi connectivity index (χ1v) is 5.04. The zero-order chi connectivity index (χ0) is 12.1. The second-order valence-corrected chi connectivity index (χ2v) is 3.57. The molecule has 16 heavy (non-hydrogen) atoms. The van der Waals surface area contributed by atoms with Crippen LogP contribution in [0.3, 0.4) is 0 Å². The van der Waals surface area contributed by atoms with E-state index in [1.54, 1.807) is 19.0 Å². The molecule has 0 aliphatic rings. The van der Waals surface area contributed by atoms with Gasteiger partial charge in [0.2, 0.25) is 5.91 Å². The van der Waals surface area contributed by atoms with Crippen molar-refractivity contribution in [1.82, 2.24) is 14.9 Å². The van der Waals surface area contributed by atoms with Crippen LogP contribution in [0.15, 0.2) is 17.2 Å². The van der Waals surface area contributed by atoms with E-state index in [9.17, 15) is 9.59 Å². The minimum atomic E-state index is -0.222. The van der Waals surface area contributed by atoms with Crippen LogP contribution < -0.4 is 10.5 Å². The van der Waals surface area contributed by atoms with Gasteiger partial charge in [0, 0.05) is 26.7 Å². The van der Waals surface area contributed by atoms with E-state index in [1.807, 2.05) is 6.92 Å². The minimum absolute atomic E-state index is 0.0241. The first kappa shape index (κ1) is 12.2. The number of rotatable bonds is 4. The summed E-state index contributed by atoms with van der Waals surface area (Å²) in [6, 6.07) is 1.38. The van der Waals surface area contributed by atoms with Gasteiger partial charge in [-0.25, -0.2) is 4.98 Å². The minimum Gasteiger partial charge on any atom is -0.347 e. The second-order valence-electron chi connectivity index (χ2n) is 3.57. The number of amides is 1. The maximum Gasteiger partial charge on any atom is 0.252 e. The summed E-state index contributed by atoms with van der Waals surface area (Å²) in [4.78, 5) is 32.4. The van der Waals surface area contributed by atoms with Crippen molar-refractivity contribution in [1.29, 1.82) is 0 Å². The van der Waals surface area contributed by atoms with Crippen molar-refractivity contribution in [3.05, 3.63) is 22.7 Å². The largest absolute Gasteiger partial charge is 0.347 e. The molecule has 1 aromatic rings. The molecule has 0 radical (unpaired) electrons. The van der Waals surface area contributed by atoms with E-state index in [2.05, 4.69) is 9.97 Å². The van der Waals surface area contributed by atoms with Crippen molar-refractivity contribution in [3.8, 4) is 0 Å². The van der Waals surface area contributed by atoms with E-state index in [4.69, 9.17) is 0 Å². The lowest BCUT2D eigenvalue weighted by molar-refractivity contribution is -0.127. The first-order valence-electron chi connectivity index (χ1n) is 5.04. The van der Waals surface area contributed by atoms with E-state index in [1.165, 1.54) is 17.3 Å². The maximum absolute atomic E-state index is 11.5. The number of aromatic nitrogens is 2. The molecule has 1 heterocycles. The van der Waals surface area contributed by atoms with Gasteiger partial charge in [0.25, 0.3) is 5.56 Å². The number of carbonyl (C=O) groups is 1. The van der Waals surface area contributed by atoms with Crippen LogP contribution in [-0.2, 0) is 4.79 Å². The van der Waals surface area contributed by atoms with Crippen LogP contribution in [-0.4, -0.2) is 48.0 Å². The third-order valence-electron chi connectivity index (χ3n) is 2.19. The topological polar surface area (TPSA) is 69.3 Å². The number of aromatic amines is 1. The monoisotopic (exact) mass is 224 g/mol. The molecule has 0 unspecified atom stereocenters. The molecule has 0 saturated heterocycles. The van der Waals surface area contributed by atoms with Gasteiger partial charge in [0.05, 0.1) is 12.9 Å². The van der Waals surface area contributed by atoms with Crippen LogP contribution in [0.5, 0.6) is 0 Å². The van der Waals surface area contributed by atoms with E-state index in [0.717, 1.165) is 0 Å². The molecule has 0 aliphatic heterocycles. The molecular formula is C10H16N4O2. The molecule has 0 saturated carbocycles. The Balaban J connectivity index is 2.83. The fourth-order valence-electron chi connectivity index (χ4n) is 1.19. The molecule has 1 amide bonds. The predicted molar refractivity (Wildman–Crippen MR) is 61.4 cm³/mol. The van der Waals surface area contributed by atoms with Gasteiger partial charge in [0.1, 0.15) is 5.82 Å². The molecule has 0 fully saturated rings. The summed E-state index contributed by atoms with van der Waals surface area (Å²) < 4.78 is 0. The zero-order valence-electron chi connectivity index (χ0n) is 9.73. The van der Waals surface area contributed by atoms with Crippen molar-refractivity contribution >= 4 is 11.7 Å². The molecule has 1 rings (SSSR count). The lowest BCUT2D eigenvalue weighted by Crippen LogP contribution is -2.37. The number of likely N-dealkylation sites (N-methyl/N-ethyl adjacent to an activating group) is 2. The molecule has 0 atom stereocenters. The SMILES string of the molecule is CCN(CC(=O)N(C)C)c1cc(=O)[nH]cn1. The Labute approximate surface area is 93.9 Å². The van der Waals surface area contributed by atoms with Crippen LogP contribution in [0.4, 0.5) is 5.82 Å². The molecule has 1 aromatic heterocycles. The highest BCUT2D eigenvalue weighted by molar-refractivity contribution is 5.80. The highest BCUT2D eigenvalue weighted by Crippen LogP contribution is 2.05. The molecule has 1 N–H and O–H groups in total. The molecule has 6 heteroatoms. The fourth-order valence-corrected chi connectivity index (χ4v) is 1.19. The quantitative estimate of drug-likeness (QED) is 0.761. The van der Waals surface area contributed by atoms with Gasteiger partial charge >= 0.3 is 0 Å². The molecule has 0 spiro atoms. The van der Waals surface area contributed by atoms with E-state index >= 15 is 0 Å². The summed E-state index contributed by atoms with van der Waals surface area (Å²) in [5.41, 5.74) is -0.222. The van der Waals surface area contributed by atoms with Gasteiger partial charge in [-0.1, -0.05) is 0 Å². The average Bonchev–Trinajstić information content (AvgIpc) is 2.25. The third kappa shape index (κ3) is 3.08. The molecule has 0 bridgehead atoms. The summed E-state index contributed by atoms with van der Waals surface area (Å²) in [5.74, 6) is 0.491. The number of H-pyrrole nitrogens is 1. The van der Waals surface area contributed by atoms with E-state index in [-0.39, 0.29) is 18.0 Å². The van der Waals surface area contributed by atoms with Crippen LogP contribution in [0.1, 0.15) is 6.92 Å². The van der Waals surface area contributed by atoms with Gasteiger partial charge in [0.15, 0.2) is 0 Å². The summed E-state index contributed by atoms with van der Waals surface area (Å²) in [5, 5.41) is 0. The molecular weight excluding hydrogens is 208 g/mol. The van der Waals surface area contributed by atoms with Crippen molar-refractivity contribution < 1.29 is 4.79 Å². The van der Waals surface area contributed by atoms with Gasteiger partial charge in [-0.3, -0.25) is 9.59 Å². The molecule has 6 nitrogen and oxygen atoms in total. The van der Waals surface area contributed by atoms with Gasteiger partial charge < -0.3 is 14.8 Å². The Bertz CT molecular complexity index is 413. The summed E-state index contributed by atoms with van der Waals surface area (Å²) in [6.07, 6.45) is 1.33. The number of nitrogens with zero attached hydrogens (tertiary/aromatic N) is 3. The Morgan fingerprint density at radius 2 is 2.19 bits per heavy atom. The fraction of sp³-hybridized carbons (Fsp3) is 0.500. The smallest absolute Gasteiger partial charge is 0.252 e. The highest BCUT2D eigenvalue weighted by Gasteiger charge is 2.12. The van der Waals surface area contributed by atoms with Gasteiger partial charge in [-0.05, 0) is 6.92 Å². The van der Waals surface area contributed by atoms with Crippen LogP contribution in [0, 0.1) is 0 Å². The first-order chi connectivity index (χ1) is 7.54. The number of carbonyl (C=O) groups excluding carboxylic acids is 1. The van der Waals surface area contributed by atoms with Gasteiger partial charge in [-0.15, -0.1) is 0 Å². The standard InChI is InChI=1S/C10H16N4O2/c1-4-14(6-10(16)13(2)3)8-5-9(15)12-7-11-8/h5,7H,4,6H2,1-3H3,(H,11,12,15). The number of nitrogens with one attached hydrogen (secondary N) is 1. The predicted octanol–water partition coefficient (Wildman–Crippen LogP) is -0.316. The third-order valence-corrected chi connectivity index (χ3v) is 2.19. The Morgan fingerprint density at radius 1 is 1.50 bits per heavy atom. The lowest BCUT2D eigenvalue weighted by Gasteiger charge is -2.22. The molecule has 0 aromatic carbocycles. The number of hydrogen-bond donors (Lipinski definition) is 1. The van der Waals surface area contributed by atoms with E-state index in [0.29, 0.717) is 12.4 Å². The van der Waals surface area contributed by atoms with Crippen molar-refractivity contribution in [2.75, 3.05) is 32.1 Å². The molecule has 0 aliphatic carbocycles. The Kier molecular flexibility index (Phi) is 4.04. The van der Waals surface area contributed by atoms with Crippen LogP contribution in [0.25, 0.3) is 0 Å². The van der Waals surface area contributed by atoms with Crippen molar-refractivity contribution in [3.63, 3.8) is 0 Å². The van der Waals surface area contributed by atoms with Crippen LogP contribution in [0.2, 0.25) is 0 Å². The molecule has 88 valence electrons. The van der Waals surface area contributed by atoms with Crippen molar-refractivity contribution in [2.24, 2.45) is 0 Å². The Morgan fingerprint density at radius 3 is 2.69 bits per heavy atom. The Hall–Kier alpha value is -1.85. The normalized spacial score (nSPS) is 9.94. The summed E-state index contributed by atoms with van der Waals surface area (Å²) >= 11 is 0. The second kappa shape index (κ2) is 5.29. The van der Waals surface area contributed by atoms with Gasteiger partial charge in [-0.2, -0.15) is 0 Å².